The number of carbonyl (C=O) groups excluding carboxylic acids is 4. The maximum absolute atomic E-state index is 13.1. The lowest BCUT2D eigenvalue weighted by molar-refractivity contribution is -0.124. The first-order valence-electron chi connectivity index (χ1n) is 13.6. The van der Waals surface area contributed by atoms with E-state index in [4.69, 9.17) is 4.74 Å². The summed E-state index contributed by atoms with van der Waals surface area (Å²) in [5, 5.41) is 7.01. The van der Waals surface area contributed by atoms with E-state index in [1.807, 2.05) is 54.6 Å². The van der Waals surface area contributed by atoms with Crippen molar-refractivity contribution in [1.29, 1.82) is 0 Å². The van der Waals surface area contributed by atoms with Crippen molar-refractivity contribution in [3.8, 4) is 11.3 Å². The minimum atomic E-state index is -0.540. The fourth-order valence-corrected chi connectivity index (χ4v) is 4.88. The lowest BCUT2D eigenvalue weighted by Gasteiger charge is -2.22. The maximum atomic E-state index is 13.1. The van der Waals surface area contributed by atoms with E-state index in [0.29, 0.717) is 19.4 Å². The number of ether oxygens (including phenoxy) is 1. The number of fused-ring (bicyclic) bond motifs is 1. The Morgan fingerprint density at radius 1 is 0.949 bits per heavy atom. The van der Waals surface area contributed by atoms with E-state index in [1.165, 1.54) is 4.90 Å². The Balaban J connectivity index is 1.51. The van der Waals surface area contributed by atoms with E-state index in [1.54, 1.807) is 6.92 Å². The molecule has 3 N–H and O–H groups in total. The molecule has 0 aliphatic carbocycles. The molecule has 0 bridgehead atoms. The molecule has 1 saturated heterocycles. The molecule has 206 valence electrons. The average molecular weight is 533 g/mol. The zero-order valence-corrected chi connectivity index (χ0v) is 22.3. The lowest BCUT2D eigenvalue weighted by Crippen LogP contribution is -2.43. The second kappa shape index (κ2) is 13.6. The van der Waals surface area contributed by atoms with E-state index >= 15 is 0 Å². The van der Waals surface area contributed by atoms with Crippen molar-refractivity contribution >= 4 is 34.6 Å². The molecule has 0 spiro atoms. The molecule has 0 unspecified atom stereocenters. The average Bonchev–Trinajstić information content (AvgIpc) is 3.52. The Morgan fingerprint density at radius 2 is 1.67 bits per heavy atom. The van der Waals surface area contributed by atoms with Crippen LogP contribution in [-0.4, -0.2) is 59.8 Å². The van der Waals surface area contributed by atoms with Crippen LogP contribution in [-0.2, 0) is 19.1 Å². The van der Waals surface area contributed by atoms with Crippen molar-refractivity contribution in [2.45, 2.75) is 51.5 Å². The highest BCUT2D eigenvalue weighted by molar-refractivity contribution is 5.92. The molecule has 9 nitrogen and oxygen atoms in total. The summed E-state index contributed by atoms with van der Waals surface area (Å²) in [6.07, 6.45) is 3.83. The Labute approximate surface area is 228 Å². The van der Waals surface area contributed by atoms with Gasteiger partial charge in [0.1, 0.15) is 18.9 Å². The van der Waals surface area contributed by atoms with Crippen molar-refractivity contribution < 1.29 is 23.9 Å². The van der Waals surface area contributed by atoms with Crippen molar-refractivity contribution in [1.82, 2.24) is 20.5 Å². The van der Waals surface area contributed by atoms with E-state index in [0.717, 1.165) is 53.4 Å². The predicted molar refractivity (Wildman–Crippen MR) is 149 cm³/mol. The molecule has 1 fully saturated rings. The van der Waals surface area contributed by atoms with Crippen LogP contribution >= 0.6 is 0 Å². The van der Waals surface area contributed by atoms with Gasteiger partial charge in [-0.25, -0.2) is 4.79 Å². The molecular weight excluding hydrogens is 496 g/mol. The van der Waals surface area contributed by atoms with Crippen molar-refractivity contribution in [3.63, 3.8) is 0 Å². The van der Waals surface area contributed by atoms with Gasteiger partial charge in [-0.1, -0.05) is 61.4 Å². The van der Waals surface area contributed by atoms with Gasteiger partial charge in [0.2, 0.25) is 11.8 Å². The van der Waals surface area contributed by atoms with E-state index in [9.17, 15) is 19.2 Å². The lowest BCUT2D eigenvalue weighted by atomic mass is 9.98. The van der Waals surface area contributed by atoms with Gasteiger partial charge in [-0.15, -0.1) is 0 Å². The predicted octanol–water partition coefficient (Wildman–Crippen LogP) is 4.49. The third-order valence-corrected chi connectivity index (χ3v) is 6.86. The van der Waals surface area contributed by atoms with Crippen LogP contribution in [0.5, 0.6) is 0 Å². The van der Waals surface area contributed by atoms with Crippen LogP contribution in [0.4, 0.5) is 4.79 Å². The number of rotatable bonds is 14. The number of aromatic amines is 1. The van der Waals surface area contributed by atoms with Gasteiger partial charge in [0.25, 0.3) is 0 Å². The van der Waals surface area contributed by atoms with Gasteiger partial charge in [0, 0.05) is 35.9 Å². The number of hydrogen-bond acceptors (Lipinski definition) is 5. The number of unbranched alkanes of at least 4 members (excludes halogenated alkanes) is 3. The zero-order valence-electron chi connectivity index (χ0n) is 22.3. The Hall–Kier alpha value is -4.14. The Morgan fingerprint density at radius 3 is 2.38 bits per heavy atom. The molecule has 0 saturated carbocycles. The summed E-state index contributed by atoms with van der Waals surface area (Å²) < 4.78 is 4.96. The highest BCUT2D eigenvalue weighted by atomic mass is 16.6. The first-order valence-corrected chi connectivity index (χ1v) is 13.6. The molecule has 39 heavy (non-hydrogen) atoms. The third-order valence-electron chi connectivity index (χ3n) is 6.86. The third kappa shape index (κ3) is 7.69. The van der Waals surface area contributed by atoms with Crippen LogP contribution in [0.25, 0.3) is 22.2 Å². The Kier molecular flexibility index (Phi) is 9.72. The monoisotopic (exact) mass is 532 g/mol. The molecule has 1 aromatic heterocycles. The summed E-state index contributed by atoms with van der Waals surface area (Å²) in [7, 11) is 0. The molecule has 1 atom stereocenters. The van der Waals surface area contributed by atoms with Gasteiger partial charge in [-0.3, -0.25) is 14.5 Å². The topological polar surface area (TPSA) is 121 Å². The van der Waals surface area contributed by atoms with Gasteiger partial charge >= 0.3 is 6.09 Å². The highest BCUT2D eigenvalue weighted by Crippen LogP contribution is 2.34. The number of benzene rings is 2. The van der Waals surface area contributed by atoms with Gasteiger partial charge in [-0.2, -0.15) is 0 Å². The van der Waals surface area contributed by atoms with Gasteiger partial charge in [0.05, 0.1) is 18.3 Å². The fourth-order valence-electron chi connectivity index (χ4n) is 4.88. The van der Waals surface area contributed by atoms with Crippen LogP contribution in [0.2, 0.25) is 0 Å². The summed E-state index contributed by atoms with van der Waals surface area (Å²) in [5.41, 5.74) is 3.62. The number of nitrogens with one attached hydrogen (secondary N) is 3. The SMILES string of the molecule is CC(=O)CCCCCCC(=O)NC[C@@H](NC(=O)CN1CCOC1=O)c1c(-c2ccccc2)[nH]c2ccccc12. The minimum absolute atomic E-state index is 0.0926. The largest absolute Gasteiger partial charge is 0.448 e. The molecule has 2 aromatic carbocycles. The molecule has 1 aliphatic heterocycles. The zero-order chi connectivity index (χ0) is 27.6. The van der Waals surface area contributed by atoms with E-state index in [-0.39, 0.29) is 37.3 Å². The van der Waals surface area contributed by atoms with Crippen LogP contribution in [0.3, 0.4) is 0 Å². The second-order valence-corrected chi connectivity index (χ2v) is 9.90. The summed E-state index contributed by atoms with van der Waals surface area (Å²) in [5.74, 6) is -0.234. The number of hydrogen-bond donors (Lipinski definition) is 3. The standard InChI is InChI=1S/C30H36N4O5/c1-21(35)11-5-2-3-8-16-26(36)31-19-25(32-27(37)20-34-17-18-39-30(34)38)28-23-14-9-10-15-24(23)33-29(28)22-12-6-4-7-13-22/h4,6-7,9-10,12-15,25,33H,2-3,5,8,11,16-20H2,1H3,(H,31,36)(H,32,37)/t25-/m1/s1. The van der Waals surface area contributed by atoms with E-state index < -0.39 is 12.1 Å². The number of aromatic nitrogens is 1. The summed E-state index contributed by atoms with van der Waals surface area (Å²) in [6, 6.07) is 17.2. The van der Waals surface area contributed by atoms with Gasteiger partial charge in [-0.05, 0) is 31.4 Å². The number of cyclic esters (lactones) is 1. The number of Topliss-reactive ketones (excluding diaryl/α,β-unsaturated/α-hetero) is 1. The Bertz CT molecular complexity index is 1300. The number of carbonyl (C=O) groups is 4. The van der Waals surface area contributed by atoms with Gasteiger partial charge in [0.15, 0.2) is 0 Å². The van der Waals surface area contributed by atoms with Gasteiger partial charge < -0.3 is 25.1 Å². The molecule has 9 heteroatoms. The maximum Gasteiger partial charge on any atom is 0.410 e. The molecular formula is C30H36N4O5. The molecule has 3 amide bonds. The molecule has 1 aliphatic rings. The fraction of sp³-hybridized carbons (Fsp3) is 0.400. The number of H-pyrrole nitrogens is 1. The molecule has 4 rings (SSSR count). The first-order chi connectivity index (χ1) is 18.9. The van der Waals surface area contributed by atoms with Crippen LogP contribution < -0.4 is 10.6 Å². The summed E-state index contributed by atoms with van der Waals surface area (Å²) >= 11 is 0. The number of nitrogens with zero attached hydrogens (tertiary/aromatic N) is 1. The number of amides is 3. The number of para-hydroxylation sites is 1. The molecule has 2 heterocycles. The molecule has 0 radical (unpaired) electrons. The van der Waals surface area contributed by atoms with Crippen molar-refractivity contribution in [2.24, 2.45) is 0 Å². The van der Waals surface area contributed by atoms with Crippen LogP contribution in [0.15, 0.2) is 54.6 Å². The van der Waals surface area contributed by atoms with Crippen molar-refractivity contribution in [3.05, 3.63) is 60.2 Å². The quantitative estimate of drug-likeness (QED) is 0.264. The first kappa shape index (κ1) is 27.9. The van der Waals surface area contributed by atoms with E-state index in [2.05, 4.69) is 15.6 Å². The number of ketones is 1. The van der Waals surface area contributed by atoms with Crippen molar-refractivity contribution in [2.75, 3.05) is 26.2 Å². The smallest absolute Gasteiger partial charge is 0.410 e. The molecule has 3 aromatic rings. The highest BCUT2D eigenvalue weighted by Gasteiger charge is 2.28. The van der Waals surface area contributed by atoms with Crippen LogP contribution in [0.1, 0.15) is 57.1 Å². The minimum Gasteiger partial charge on any atom is -0.448 e. The normalized spacial score (nSPS) is 13.8. The second-order valence-electron chi connectivity index (χ2n) is 9.90. The van der Waals surface area contributed by atoms with Crippen LogP contribution in [0, 0.1) is 0 Å². The summed E-state index contributed by atoms with van der Waals surface area (Å²) in [6.45, 7) is 2.30. The summed E-state index contributed by atoms with van der Waals surface area (Å²) in [4.78, 5) is 53.7.